The number of aromatic nitrogens is 3. The Morgan fingerprint density at radius 3 is 2.19 bits per heavy atom. The minimum Gasteiger partial charge on any atom is -0.456 e. The SMILES string of the molecule is C1=CC2c3cccc(-c4ccc5c(c4)c4c6ccccc6ccc4n5-c4nc(-c5ccccc5)c5sc(-c6ccccc6)cc5n4)c3N(c3ccc4oc5ccccc5c4c3)C2C=C1. The predicted molar refractivity (Wildman–Crippen MR) is 266 cm³/mol. The molecule has 2 unspecified atom stereocenters. The Morgan fingerprint density at radius 2 is 1.30 bits per heavy atom. The maximum Gasteiger partial charge on any atom is 0.235 e. The van der Waals surface area contributed by atoms with Crippen molar-refractivity contribution in [1.82, 2.24) is 14.5 Å². The van der Waals surface area contributed by atoms with Crippen molar-refractivity contribution >= 4 is 87.4 Å². The summed E-state index contributed by atoms with van der Waals surface area (Å²) < 4.78 is 9.65. The van der Waals surface area contributed by atoms with Crippen molar-refractivity contribution in [3.05, 3.63) is 212 Å². The lowest BCUT2D eigenvalue weighted by molar-refractivity contribution is 0.669. The molecule has 14 rings (SSSR count). The number of para-hydroxylation sites is 2. The average molecular weight is 837 g/mol. The maximum absolute atomic E-state index is 6.30. The van der Waals surface area contributed by atoms with Gasteiger partial charge in [-0.1, -0.05) is 158 Å². The Bertz CT molecular complexity index is 3930. The van der Waals surface area contributed by atoms with Gasteiger partial charge in [0.25, 0.3) is 0 Å². The van der Waals surface area contributed by atoms with Gasteiger partial charge in [-0.25, -0.2) is 9.97 Å². The summed E-state index contributed by atoms with van der Waals surface area (Å²) in [4.78, 5) is 14.6. The van der Waals surface area contributed by atoms with Crippen LogP contribution in [-0.2, 0) is 0 Å². The minimum absolute atomic E-state index is 0.136. The number of hydrogen-bond donors (Lipinski definition) is 0. The minimum atomic E-state index is 0.136. The fraction of sp³-hybridized carbons (Fsp3) is 0.0345. The monoisotopic (exact) mass is 836 g/mol. The highest BCUT2D eigenvalue weighted by Crippen LogP contribution is 2.53. The number of fused-ring (bicyclic) bond motifs is 12. The first-order valence-corrected chi connectivity index (χ1v) is 22.6. The van der Waals surface area contributed by atoms with Gasteiger partial charge in [-0.2, -0.15) is 0 Å². The van der Waals surface area contributed by atoms with E-state index in [1.54, 1.807) is 11.3 Å². The van der Waals surface area contributed by atoms with E-state index in [0.29, 0.717) is 5.95 Å². The van der Waals surface area contributed by atoms with Crippen LogP contribution in [0.25, 0.3) is 104 Å². The quantitative estimate of drug-likeness (QED) is 0.173. The van der Waals surface area contributed by atoms with E-state index >= 15 is 0 Å². The lowest BCUT2D eigenvalue weighted by atomic mass is 9.90. The Morgan fingerprint density at radius 1 is 0.531 bits per heavy atom. The molecule has 64 heavy (non-hydrogen) atoms. The van der Waals surface area contributed by atoms with Gasteiger partial charge in [0.15, 0.2) is 0 Å². The van der Waals surface area contributed by atoms with Crippen LogP contribution in [0, 0.1) is 0 Å². The van der Waals surface area contributed by atoms with E-state index in [-0.39, 0.29) is 12.0 Å². The Labute approximate surface area is 372 Å². The number of allylic oxidation sites excluding steroid dienone is 2. The third-order valence-corrected chi connectivity index (χ3v) is 14.5. The molecule has 1 aliphatic heterocycles. The van der Waals surface area contributed by atoms with Gasteiger partial charge in [0, 0.05) is 49.2 Å². The van der Waals surface area contributed by atoms with E-state index < -0.39 is 0 Å². The van der Waals surface area contributed by atoms with Crippen LogP contribution in [-0.4, -0.2) is 20.6 Å². The lowest BCUT2D eigenvalue weighted by Crippen LogP contribution is -2.28. The maximum atomic E-state index is 6.30. The van der Waals surface area contributed by atoms with Gasteiger partial charge in [0.2, 0.25) is 5.95 Å². The molecule has 0 radical (unpaired) electrons. The number of benzene rings is 8. The van der Waals surface area contributed by atoms with Crippen LogP contribution in [0.1, 0.15) is 11.5 Å². The van der Waals surface area contributed by atoms with Crippen molar-refractivity contribution in [2.24, 2.45) is 0 Å². The molecule has 300 valence electrons. The summed E-state index contributed by atoms with van der Waals surface area (Å²) in [5.41, 5.74) is 14.1. The molecular formula is C58H36N4OS. The predicted octanol–water partition coefficient (Wildman–Crippen LogP) is 15.6. The number of furan rings is 1. The first-order chi connectivity index (χ1) is 31.7. The van der Waals surface area contributed by atoms with Crippen molar-refractivity contribution in [2.45, 2.75) is 12.0 Å². The van der Waals surface area contributed by atoms with Crippen LogP contribution in [0.2, 0.25) is 0 Å². The normalized spacial score (nSPS) is 15.7. The van der Waals surface area contributed by atoms with Gasteiger partial charge in [-0.3, -0.25) is 4.57 Å². The van der Waals surface area contributed by atoms with E-state index in [9.17, 15) is 0 Å². The van der Waals surface area contributed by atoms with Crippen molar-refractivity contribution in [2.75, 3.05) is 4.90 Å². The summed E-state index contributed by atoms with van der Waals surface area (Å²) in [6.45, 7) is 0. The molecule has 5 nitrogen and oxygen atoms in total. The van der Waals surface area contributed by atoms with Crippen molar-refractivity contribution in [3.8, 4) is 38.8 Å². The van der Waals surface area contributed by atoms with Gasteiger partial charge in [0.1, 0.15) is 11.2 Å². The number of anilines is 2. The molecule has 0 fully saturated rings. The van der Waals surface area contributed by atoms with E-state index in [4.69, 9.17) is 14.4 Å². The molecular weight excluding hydrogens is 801 g/mol. The van der Waals surface area contributed by atoms with Crippen LogP contribution in [0.3, 0.4) is 0 Å². The first kappa shape index (κ1) is 35.5. The first-order valence-electron chi connectivity index (χ1n) is 21.8. The standard InChI is InChI=1S/C58H36N4OS/c1-3-15-36(16-4-1)53-34-47-57(64-53)55(37-17-5-2-6-18-37)60-58(59-47)62-49-29-27-38(32-46(49)54-40-19-8-7-14-35(40)26-30-50(54)62)41-22-13-23-44-42-20-9-11-24-48(42)61(56(41)44)39-28-31-52-45(33-39)43-21-10-12-25-51(43)63-52/h1-34,42,48H. The summed E-state index contributed by atoms with van der Waals surface area (Å²) in [6.07, 6.45) is 9.10. The van der Waals surface area contributed by atoms with Crippen molar-refractivity contribution in [1.29, 1.82) is 0 Å². The van der Waals surface area contributed by atoms with Gasteiger partial charge in [-0.05, 0) is 76.0 Å². The van der Waals surface area contributed by atoms with Crippen LogP contribution in [0.4, 0.5) is 11.4 Å². The second kappa shape index (κ2) is 13.7. The summed E-state index contributed by atoms with van der Waals surface area (Å²) >= 11 is 1.75. The third-order valence-electron chi connectivity index (χ3n) is 13.3. The summed E-state index contributed by atoms with van der Waals surface area (Å²) in [7, 11) is 0. The molecule has 0 spiro atoms. The summed E-state index contributed by atoms with van der Waals surface area (Å²) in [5.74, 6) is 0.875. The van der Waals surface area contributed by atoms with Crippen LogP contribution < -0.4 is 4.90 Å². The Kier molecular flexibility index (Phi) is 7.62. The van der Waals surface area contributed by atoms with E-state index in [1.807, 2.05) is 6.07 Å². The molecule has 0 amide bonds. The fourth-order valence-corrected chi connectivity index (χ4v) is 11.6. The smallest absolute Gasteiger partial charge is 0.235 e. The van der Waals surface area contributed by atoms with Crippen LogP contribution in [0.5, 0.6) is 0 Å². The summed E-state index contributed by atoms with van der Waals surface area (Å²) in [5, 5.41) is 7.01. The highest BCUT2D eigenvalue weighted by atomic mass is 32.1. The lowest BCUT2D eigenvalue weighted by Gasteiger charge is -2.30. The molecule has 6 heteroatoms. The zero-order valence-electron chi connectivity index (χ0n) is 34.4. The molecule has 2 atom stereocenters. The Balaban J connectivity index is 1.01. The van der Waals surface area contributed by atoms with E-state index in [0.717, 1.165) is 71.1 Å². The average Bonchev–Trinajstić information content (AvgIpc) is 4.13. The van der Waals surface area contributed by atoms with Gasteiger partial charge >= 0.3 is 0 Å². The largest absolute Gasteiger partial charge is 0.456 e. The molecule has 0 bridgehead atoms. The van der Waals surface area contributed by atoms with Gasteiger partial charge in [-0.15, -0.1) is 11.3 Å². The zero-order chi connectivity index (χ0) is 41.9. The molecule has 0 saturated heterocycles. The highest BCUT2D eigenvalue weighted by Gasteiger charge is 2.39. The van der Waals surface area contributed by atoms with Crippen molar-refractivity contribution < 1.29 is 4.42 Å². The number of hydrogen-bond acceptors (Lipinski definition) is 5. The molecule has 4 aromatic heterocycles. The molecule has 0 saturated carbocycles. The fourth-order valence-electron chi connectivity index (χ4n) is 10.5. The third kappa shape index (κ3) is 5.23. The topological polar surface area (TPSA) is 47.1 Å². The highest BCUT2D eigenvalue weighted by molar-refractivity contribution is 7.22. The second-order valence-electron chi connectivity index (χ2n) is 16.9. The van der Waals surface area contributed by atoms with Gasteiger partial charge < -0.3 is 9.32 Å². The molecule has 12 aromatic rings. The van der Waals surface area contributed by atoms with E-state index in [1.165, 1.54) is 43.4 Å². The van der Waals surface area contributed by atoms with Crippen molar-refractivity contribution in [3.63, 3.8) is 0 Å². The molecule has 5 heterocycles. The number of nitrogens with zero attached hydrogens (tertiary/aromatic N) is 4. The number of thiophene rings is 1. The molecule has 1 aliphatic carbocycles. The van der Waals surface area contributed by atoms with Crippen LogP contribution in [0.15, 0.2) is 211 Å². The van der Waals surface area contributed by atoms with E-state index in [2.05, 4.69) is 210 Å². The summed E-state index contributed by atoms with van der Waals surface area (Å²) in [6, 6.07) is 65.5. The zero-order valence-corrected chi connectivity index (χ0v) is 35.2. The molecule has 2 aliphatic rings. The van der Waals surface area contributed by atoms with Gasteiger partial charge in [0.05, 0.1) is 38.7 Å². The number of rotatable bonds is 5. The Hall–Kier alpha value is -8.06. The second-order valence-corrected chi connectivity index (χ2v) is 17.9. The molecule has 0 N–H and O–H groups in total. The molecule has 8 aromatic carbocycles. The van der Waals surface area contributed by atoms with Crippen LogP contribution >= 0.6 is 11.3 Å².